The van der Waals surface area contributed by atoms with Crippen LogP contribution in [0.4, 0.5) is 13.2 Å². The van der Waals surface area contributed by atoms with Gasteiger partial charge in [0.1, 0.15) is 0 Å². The van der Waals surface area contributed by atoms with Crippen molar-refractivity contribution in [3.63, 3.8) is 0 Å². The predicted molar refractivity (Wildman–Crippen MR) is 56.8 cm³/mol. The molecule has 1 aliphatic rings. The first-order valence-electron chi connectivity index (χ1n) is 5.05. The van der Waals surface area contributed by atoms with Crippen LogP contribution in [0.15, 0.2) is 36.6 Å². The van der Waals surface area contributed by atoms with E-state index in [2.05, 4.69) is 0 Å². The van der Waals surface area contributed by atoms with E-state index in [1.54, 1.807) is 12.1 Å². The van der Waals surface area contributed by atoms with Crippen molar-refractivity contribution in [1.29, 1.82) is 5.41 Å². The molecule has 1 N–H and O–H groups in total. The van der Waals surface area contributed by atoms with Crippen molar-refractivity contribution in [2.75, 3.05) is 0 Å². The molecule has 0 fully saturated rings. The lowest BCUT2D eigenvalue weighted by atomic mass is 9.93. The van der Waals surface area contributed by atoms with Crippen molar-refractivity contribution >= 4 is 5.90 Å². The zero-order valence-corrected chi connectivity index (χ0v) is 8.79. The standard InChI is InChI=1S/C12H10F3NO/c13-12(14,15)10-3-1-2-8(6-10)9-4-5-17-11(16)7-9/h1-6,9,16H,7H2. The van der Waals surface area contributed by atoms with Gasteiger partial charge in [-0.3, -0.25) is 5.41 Å². The lowest BCUT2D eigenvalue weighted by Gasteiger charge is -2.18. The molecule has 1 atom stereocenters. The van der Waals surface area contributed by atoms with Crippen molar-refractivity contribution in [3.05, 3.63) is 47.7 Å². The number of nitrogens with one attached hydrogen (secondary N) is 1. The number of allylic oxidation sites excluding steroid dienone is 1. The molecular weight excluding hydrogens is 231 g/mol. The summed E-state index contributed by atoms with van der Waals surface area (Å²) in [6, 6.07) is 5.17. The Hall–Kier alpha value is -1.78. The van der Waals surface area contributed by atoms with E-state index in [9.17, 15) is 13.2 Å². The molecule has 0 amide bonds. The summed E-state index contributed by atoms with van der Waals surface area (Å²) < 4.78 is 42.4. The van der Waals surface area contributed by atoms with Gasteiger partial charge < -0.3 is 4.74 Å². The number of hydrogen-bond donors (Lipinski definition) is 1. The molecule has 1 aromatic rings. The molecule has 1 heterocycles. The van der Waals surface area contributed by atoms with Crippen LogP contribution in [-0.4, -0.2) is 5.90 Å². The molecule has 0 saturated heterocycles. The van der Waals surface area contributed by atoms with E-state index in [4.69, 9.17) is 10.1 Å². The van der Waals surface area contributed by atoms with E-state index in [-0.39, 0.29) is 18.2 Å². The van der Waals surface area contributed by atoms with Crippen LogP contribution in [-0.2, 0) is 10.9 Å². The Morgan fingerprint density at radius 3 is 2.71 bits per heavy atom. The SMILES string of the molecule is N=C1CC(c2cccc(C(F)(F)F)c2)C=CO1. The minimum Gasteiger partial charge on any atom is -0.452 e. The lowest BCUT2D eigenvalue weighted by molar-refractivity contribution is -0.137. The molecule has 5 heteroatoms. The topological polar surface area (TPSA) is 33.1 Å². The third kappa shape index (κ3) is 2.67. The number of benzene rings is 1. The van der Waals surface area contributed by atoms with Crippen LogP contribution in [0.5, 0.6) is 0 Å². The largest absolute Gasteiger partial charge is 0.452 e. The van der Waals surface area contributed by atoms with Crippen molar-refractivity contribution in [1.82, 2.24) is 0 Å². The van der Waals surface area contributed by atoms with Crippen LogP contribution in [0.1, 0.15) is 23.5 Å². The first-order valence-corrected chi connectivity index (χ1v) is 5.05. The fourth-order valence-electron chi connectivity index (χ4n) is 1.71. The van der Waals surface area contributed by atoms with Crippen LogP contribution in [0, 0.1) is 5.41 Å². The summed E-state index contributed by atoms with van der Waals surface area (Å²) >= 11 is 0. The van der Waals surface area contributed by atoms with Gasteiger partial charge in [-0.15, -0.1) is 0 Å². The van der Waals surface area contributed by atoms with Gasteiger partial charge >= 0.3 is 6.18 Å². The zero-order chi connectivity index (χ0) is 12.5. The smallest absolute Gasteiger partial charge is 0.416 e. The molecule has 0 radical (unpaired) electrons. The molecule has 1 aliphatic heterocycles. The average molecular weight is 241 g/mol. The van der Waals surface area contributed by atoms with Gasteiger partial charge in [0.05, 0.1) is 11.8 Å². The van der Waals surface area contributed by atoms with Crippen LogP contribution in [0.2, 0.25) is 0 Å². The van der Waals surface area contributed by atoms with E-state index in [1.165, 1.54) is 12.3 Å². The third-order valence-corrected chi connectivity index (χ3v) is 2.57. The summed E-state index contributed by atoms with van der Waals surface area (Å²) in [4.78, 5) is 0. The maximum atomic E-state index is 12.5. The molecule has 1 unspecified atom stereocenters. The molecule has 17 heavy (non-hydrogen) atoms. The molecule has 90 valence electrons. The summed E-state index contributed by atoms with van der Waals surface area (Å²) in [5, 5.41) is 7.35. The van der Waals surface area contributed by atoms with Crippen LogP contribution in [0.3, 0.4) is 0 Å². The van der Waals surface area contributed by atoms with Gasteiger partial charge in [0.25, 0.3) is 0 Å². The second-order valence-electron chi connectivity index (χ2n) is 3.80. The molecule has 0 bridgehead atoms. The van der Waals surface area contributed by atoms with Gasteiger partial charge in [0.2, 0.25) is 0 Å². The van der Waals surface area contributed by atoms with Crippen molar-refractivity contribution in [2.45, 2.75) is 18.5 Å². The summed E-state index contributed by atoms with van der Waals surface area (Å²) in [5.41, 5.74) is -0.120. The van der Waals surface area contributed by atoms with Gasteiger partial charge in [-0.2, -0.15) is 13.2 Å². The average Bonchev–Trinajstić information content (AvgIpc) is 2.28. The van der Waals surface area contributed by atoms with E-state index < -0.39 is 11.7 Å². The van der Waals surface area contributed by atoms with Gasteiger partial charge in [-0.1, -0.05) is 18.2 Å². The number of ether oxygens (including phenoxy) is 1. The Morgan fingerprint density at radius 2 is 2.06 bits per heavy atom. The van der Waals surface area contributed by atoms with E-state index in [0.717, 1.165) is 12.1 Å². The minimum absolute atomic E-state index is 0.0647. The first-order chi connectivity index (χ1) is 7.97. The molecule has 2 rings (SSSR count). The molecule has 0 aromatic heterocycles. The number of halogens is 3. The fraction of sp³-hybridized carbons (Fsp3) is 0.250. The Labute approximate surface area is 96.2 Å². The normalized spacial score (nSPS) is 20.2. The maximum Gasteiger partial charge on any atom is 0.416 e. The number of alkyl halides is 3. The monoisotopic (exact) mass is 241 g/mol. The van der Waals surface area contributed by atoms with E-state index >= 15 is 0 Å². The quantitative estimate of drug-likeness (QED) is 0.798. The molecule has 2 nitrogen and oxygen atoms in total. The highest BCUT2D eigenvalue weighted by atomic mass is 19.4. The summed E-state index contributed by atoms with van der Waals surface area (Å²) in [5.74, 6) is -0.159. The summed E-state index contributed by atoms with van der Waals surface area (Å²) in [6.07, 6.45) is -1.04. The number of hydrogen-bond acceptors (Lipinski definition) is 2. The van der Waals surface area contributed by atoms with Crippen molar-refractivity contribution in [2.24, 2.45) is 0 Å². The van der Waals surface area contributed by atoms with Crippen molar-refractivity contribution in [3.8, 4) is 0 Å². The minimum atomic E-state index is -4.33. The predicted octanol–water partition coefficient (Wildman–Crippen LogP) is 3.70. The van der Waals surface area contributed by atoms with E-state index in [0.29, 0.717) is 5.56 Å². The highest BCUT2D eigenvalue weighted by Crippen LogP contribution is 2.33. The van der Waals surface area contributed by atoms with Crippen LogP contribution >= 0.6 is 0 Å². The van der Waals surface area contributed by atoms with E-state index in [1.807, 2.05) is 0 Å². The zero-order valence-electron chi connectivity index (χ0n) is 8.79. The van der Waals surface area contributed by atoms with Crippen molar-refractivity contribution < 1.29 is 17.9 Å². The molecule has 0 spiro atoms. The first kappa shape index (κ1) is 11.7. The molecule has 1 aromatic carbocycles. The van der Waals surface area contributed by atoms with Gasteiger partial charge in [0.15, 0.2) is 5.90 Å². The second kappa shape index (κ2) is 4.24. The molecular formula is C12H10F3NO. The number of rotatable bonds is 1. The van der Waals surface area contributed by atoms with Crippen LogP contribution in [0.25, 0.3) is 0 Å². The van der Waals surface area contributed by atoms with Gasteiger partial charge in [0, 0.05) is 12.3 Å². The Kier molecular flexibility index (Phi) is 2.92. The summed E-state index contributed by atoms with van der Waals surface area (Å²) in [7, 11) is 0. The summed E-state index contributed by atoms with van der Waals surface area (Å²) in [6.45, 7) is 0. The Bertz CT molecular complexity index is 465. The Balaban J connectivity index is 2.30. The highest BCUT2D eigenvalue weighted by Gasteiger charge is 2.31. The molecule has 0 aliphatic carbocycles. The fourth-order valence-corrected chi connectivity index (χ4v) is 1.71. The highest BCUT2D eigenvalue weighted by molar-refractivity contribution is 5.75. The van der Waals surface area contributed by atoms with Gasteiger partial charge in [-0.25, -0.2) is 0 Å². The maximum absolute atomic E-state index is 12.5. The Morgan fingerprint density at radius 1 is 1.29 bits per heavy atom. The van der Waals surface area contributed by atoms with Crippen LogP contribution < -0.4 is 0 Å². The lowest BCUT2D eigenvalue weighted by Crippen LogP contribution is -2.12. The third-order valence-electron chi connectivity index (χ3n) is 2.57. The van der Waals surface area contributed by atoms with Gasteiger partial charge in [-0.05, 0) is 17.7 Å². The molecule has 0 saturated carbocycles. The second-order valence-corrected chi connectivity index (χ2v) is 3.80.